The average molecular weight is 486 g/mol. The van der Waals surface area contributed by atoms with Crippen LogP contribution in [0.3, 0.4) is 0 Å². The van der Waals surface area contributed by atoms with Gasteiger partial charge in [0.15, 0.2) is 0 Å². The molecule has 0 aromatic carbocycles. The minimum Gasteiger partial charge on any atom is -0.394 e. The highest BCUT2D eigenvalue weighted by Crippen LogP contribution is 2.38. The van der Waals surface area contributed by atoms with E-state index in [0.29, 0.717) is 11.4 Å². The van der Waals surface area contributed by atoms with Gasteiger partial charge in [0.05, 0.1) is 18.3 Å². The second-order valence-electron chi connectivity index (χ2n) is 6.11. The molecule has 12 heteroatoms. The molecule has 0 spiro atoms. The van der Waals surface area contributed by atoms with Crippen molar-refractivity contribution in [2.24, 2.45) is 0 Å². The first-order valence-corrected chi connectivity index (χ1v) is 10.9. The minimum absolute atomic E-state index is 0.397. The van der Waals surface area contributed by atoms with Crippen molar-refractivity contribution in [2.75, 3.05) is 6.61 Å². The lowest BCUT2D eigenvalue weighted by Gasteiger charge is -2.41. The molecule has 1 aliphatic rings. The Kier molecular flexibility index (Phi) is 6.06. The predicted molar refractivity (Wildman–Crippen MR) is 106 cm³/mol. The average Bonchev–Trinajstić information content (AvgIpc) is 3.36. The van der Waals surface area contributed by atoms with Crippen LogP contribution in [0.2, 0.25) is 0 Å². The van der Waals surface area contributed by atoms with E-state index in [1.165, 1.54) is 27.8 Å². The first kappa shape index (κ1) is 19.9. The first-order chi connectivity index (χ1) is 13.6. The molecule has 0 radical (unpaired) electrons. The minimum atomic E-state index is -1.16. The van der Waals surface area contributed by atoms with Crippen molar-refractivity contribution in [3.63, 3.8) is 0 Å². The maximum atomic E-state index is 10.9. The van der Waals surface area contributed by atoms with E-state index in [1.54, 1.807) is 24.1 Å². The summed E-state index contributed by atoms with van der Waals surface area (Å²) < 4.78 is 7.93. The molecule has 9 nitrogen and oxygen atoms in total. The van der Waals surface area contributed by atoms with Crippen LogP contribution >= 0.6 is 39.0 Å². The van der Waals surface area contributed by atoms with Crippen LogP contribution in [0.25, 0.3) is 11.4 Å². The van der Waals surface area contributed by atoms with E-state index < -0.39 is 36.4 Å². The van der Waals surface area contributed by atoms with Gasteiger partial charge in [0.25, 0.3) is 0 Å². The summed E-state index contributed by atoms with van der Waals surface area (Å²) in [6.07, 6.45) is 1.77. The largest absolute Gasteiger partial charge is 0.394 e. The van der Waals surface area contributed by atoms with Gasteiger partial charge in [0.1, 0.15) is 41.2 Å². The van der Waals surface area contributed by atoms with Gasteiger partial charge in [0, 0.05) is 27.1 Å². The molecule has 0 aliphatic carbocycles. The molecule has 1 aliphatic heterocycles. The quantitative estimate of drug-likeness (QED) is 0.490. The molecule has 1 saturated heterocycles. The fourth-order valence-electron chi connectivity index (χ4n) is 2.95. The lowest BCUT2D eigenvalue weighted by Crippen LogP contribution is -2.55. The van der Waals surface area contributed by atoms with Crippen molar-refractivity contribution in [1.29, 1.82) is 0 Å². The highest BCUT2D eigenvalue weighted by Gasteiger charge is 2.46. The van der Waals surface area contributed by atoms with Gasteiger partial charge in [-0.25, -0.2) is 9.67 Å². The van der Waals surface area contributed by atoms with Crippen LogP contribution in [0, 0.1) is 0 Å². The number of halogens is 1. The standard InChI is InChI=1S/C16H16BrN5O4S2/c17-8-1-9(3-18-2-8)28-16-15(25)13(14(24)12(5-23)26-16)22-4-10(20-21-22)11-6-27-7-19-11/h1-4,6-7,12-16,23-25H,5H2/t12-,13+,14+,15-,16-/m1/s1. The third-order valence-electron chi connectivity index (χ3n) is 4.29. The van der Waals surface area contributed by atoms with Crippen LogP contribution in [0.5, 0.6) is 0 Å². The number of hydrogen-bond acceptors (Lipinski definition) is 10. The molecule has 4 rings (SSSR count). The van der Waals surface area contributed by atoms with Crippen LogP contribution in [0.1, 0.15) is 6.04 Å². The number of thiazole rings is 1. The maximum absolute atomic E-state index is 10.9. The molecule has 3 aromatic rings. The number of hydrogen-bond donors (Lipinski definition) is 3. The van der Waals surface area contributed by atoms with Gasteiger partial charge < -0.3 is 20.1 Å². The molecule has 4 heterocycles. The van der Waals surface area contributed by atoms with Crippen LogP contribution in [0.15, 0.2) is 44.9 Å². The summed E-state index contributed by atoms with van der Waals surface area (Å²) in [6, 6.07) is 1.00. The molecule has 0 amide bonds. The van der Waals surface area contributed by atoms with Gasteiger partial charge in [-0.1, -0.05) is 17.0 Å². The Morgan fingerprint density at radius 1 is 1.25 bits per heavy atom. The smallest absolute Gasteiger partial charge is 0.136 e. The molecular weight excluding hydrogens is 470 g/mol. The summed E-state index contributed by atoms with van der Waals surface area (Å²) in [5, 5.41) is 41.2. The van der Waals surface area contributed by atoms with Crippen molar-refractivity contribution >= 4 is 39.0 Å². The van der Waals surface area contributed by atoms with E-state index in [2.05, 4.69) is 36.2 Å². The molecule has 0 saturated carbocycles. The molecule has 28 heavy (non-hydrogen) atoms. The Morgan fingerprint density at radius 3 is 2.82 bits per heavy atom. The SMILES string of the molecule is OC[C@H]1O[C@H](Sc2cncc(Br)c2)[C@H](O)[C@@H](n2cc(-c3cscn3)nn2)[C@H]1O. The zero-order valence-corrected chi connectivity index (χ0v) is 17.5. The molecule has 3 N–H and O–H groups in total. The van der Waals surface area contributed by atoms with Gasteiger partial charge in [0.2, 0.25) is 0 Å². The number of rotatable bonds is 5. The molecule has 148 valence electrons. The Bertz CT molecular complexity index is 927. The van der Waals surface area contributed by atoms with Crippen molar-refractivity contribution < 1.29 is 20.1 Å². The molecule has 0 unspecified atom stereocenters. The number of ether oxygens (including phenoxy) is 1. The number of pyridine rings is 1. The van der Waals surface area contributed by atoms with E-state index in [0.717, 1.165) is 9.37 Å². The number of aliphatic hydroxyl groups excluding tert-OH is 3. The zero-order valence-electron chi connectivity index (χ0n) is 14.2. The van der Waals surface area contributed by atoms with E-state index >= 15 is 0 Å². The third kappa shape index (κ3) is 3.99. The summed E-state index contributed by atoms with van der Waals surface area (Å²) in [4.78, 5) is 9.06. The molecule has 3 aromatic heterocycles. The van der Waals surface area contributed by atoms with Crippen molar-refractivity contribution in [3.05, 3.63) is 40.0 Å². The summed E-state index contributed by atoms with van der Waals surface area (Å²) in [7, 11) is 0. The number of thioether (sulfide) groups is 1. The summed E-state index contributed by atoms with van der Waals surface area (Å²) in [5.74, 6) is 0. The summed E-state index contributed by atoms with van der Waals surface area (Å²) in [5.41, 5.74) is 2.14. The van der Waals surface area contributed by atoms with Gasteiger partial charge >= 0.3 is 0 Å². The molecule has 5 atom stereocenters. The van der Waals surface area contributed by atoms with Crippen molar-refractivity contribution in [3.8, 4) is 11.4 Å². The number of aromatic nitrogens is 5. The van der Waals surface area contributed by atoms with Crippen LogP contribution < -0.4 is 0 Å². The highest BCUT2D eigenvalue weighted by atomic mass is 79.9. The molecule has 0 bridgehead atoms. The lowest BCUT2D eigenvalue weighted by atomic mass is 9.97. The van der Waals surface area contributed by atoms with Crippen LogP contribution in [-0.4, -0.2) is 70.6 Å². The Balaban J connectivity index is 1.61. The number of aliphatic hydroxyl groups is 3. The normalized spacial score (nSPS) is 27.8. The zero-order chi connectivity index (χ0) is 19.7. The third-order valence-corrected chi connectivity index (χ3v) is 6.43. The Hall–Kier alpha value is -1.41. The lowest BCUT2D eigenvalue weighted by molar-refractivity contribution is -0.178. The van der Waals surface area contributed by atoms with Crippen molar-refractivity contribution in [2.45, 2.75) is 34.7 Å². The fraction of sp³-hybridized carbons (Fsp3) is 0.375. The number of nitrogens with zero attached hydrogens (tertiary/aromatic N) is 5. The van der Waals surface area contributed by atoms with Gasteiger partial charge in [-0.2, -0.15) is 0 Å². The topological polar surface area (TPSA) is 126 Å². The van der Waals surface area contributed by atoms with Crippen LogP contribution in [0.4, 0.5) is 0 Å². The van der Waals surface area contributed by atoms with E-state index in [4.69, 9.17) is 4.74 Å². The molecular formula is C16H16BrN5O4S2. The fourth-order valence-corrected chi connectivity index (χ4v) is 5.09. The van der Waals surface area contributed by atoms with Crippen molar-refractivity contribution in [1.82, 2.24) is 25.0 Å². The van der Waals surface area contributed by atoms with Gasteiger partial charge in [-0.15, -0.1) is 16.4 Å². The van der Waals surface area contributed by atoms with Gasteiger partial charge in [-0.3, -0.25) is 4.98 Å². The van der Waals surface area contributed by atoms with E-state index in [-0.39, 0.29) is 0 Å². The summed E-state index contributed by atoms with van der Waals surface area (Å²) >= 11 is 6.05. The highest BCUT2D eigenvalue weighted by molar-refractivity contribution is 9.10. The Morgan fingerprint density at radius 2 is 2.11 bits per heavy atom. The first-order valence-electron chi connectivity index (χ1n) is 8.27. The Labute approximate surface area is 176 Å². The van der Waals surface area contributed by atoms with Crippen LogP contribution in [-0.2, 0) is 4.74 Å². The van der Waals surface area contributed by atoms with E-state index in [1.807, 2.05) is 11.4 Å². The second kappa shape index (κ2) is 8.53. The molecule has 1 fully saturated rings. The van der Waals surface area contributed by atoms with E-state index in [9.17, 15) is 15.3 Å². The predicted octanol–water partition coefficient (Wildman–Crippen LogP) is 1.33. The monoisotopic (exact) mass is 485 g/mol. The maximum Gasteiger partial charge on any atom is 0.136 e. The van der Waals surface area contributed by atoms with Gasteiger partial charge in [-0.05, 0) is 22.0 Å². The second-order valence-corrected chi connectivity index (χ2v) is 8.92. The summed E-state index contributed by atoms with van der Waals surface area (Å²) in [6.45, 7) is -0.397.